The lowest BCUT2D eigenvalue weighted by Crippen LogP contribution is -2.22. The molecule has 0 aromatic carbocycles. The molecule has 0 aromatic rings. The SMILES string of the molecule is COCC(N)C=CCC1(C(C)C)CC1. The summed E-state index contributed by atoms with van der Waals surface area (Å²) in [5.74, 6) is 0.797. The second-order valence-electron chi connectivity index (χ2n) is 4.77. The Bertz CT molecular complexity index is 194. The summed E-state index contributed by atoms with van der Waals surface area (Å²) in [5, 5.41) is 0. The van der Waals surface area contributed by atoms with Gasteiger partial charge in [0.05, 0.1) is 6.61 Å². The Hall–Kier alpha value is -0.340. The normalized spacial score (nSPS) is 21.8. The highest BCUT2D eigenvalue weighted by molar-refractivity contribution is 5.03. The predicted octanol–water partition coefficient (Wildman–Crippen LogP) is 2.34. The third-order valence-electron chi connectivity index (χ3n) is 3.38. The van der Waals surface area contributed by atoms with E-state index in [0.717, 1.165) is 5.92 Å². The average molecular weight is 197 g/mol. The van der Waals surface area contributed by atoms with Gasteiger partial charge in [-0.1, -0.05) is 26.0 Å². The molecule has 1 unspecified atom stereocenters. The van der Waals surface area contributed by atoms with Crippen molar-refractivity contribution in [3.8, 4) is 0 Å². The molecule has 2 nitrogen and oxygen atoms in total. The molecule has 0 bridgehead atoms. The van der Waals surface area contributed by atoms with Gasteiger partial charge >= 0.3 is 0 Å². The Balaban J connectivity index is 2.26. The van der Waals surface area contributed by atoms with E-state index in [-0.39, 0.29) is 6.04 Å². The molecule has 0 saturated heterocycles. The zero-order valence-corrected chi connectivity index (χ0v) is 9.62. The second-order valence-corrected chi connectivity index (χ2v) is 4.77. The third kappa shape index (κ3) is 3.10. The zero-order chi connectivity index (χ0) is 10.6. The maximum Gasteiger partial charge on any atom is 0.0649 e. The van der Waals surface area contributed by atoms with Gasteiger partial charge in [-0.3, -0.25) is 0 Å². The molecular formula is C12H23NO. The molecule has 1 aliphatic rings. The van der Waals surface area contributed by atoms with Crippen molar-refractivity contribution >= 4 is 0 Å². The van der Waals surface area contributed by atoms with Crippen molar-refractivity contribution in [1.82, 2.24) is 0 Å². The van der Waals surface area contributed by atoms with Crippen molar-refractivity contribution < 1.29 is 4.74 Å². The minimum Gasteiger partial charge on any atom is -0.383 e. The Morgan fingerprint density at radius 1 is 1.43 bits per heavy atom. The molecule has 1 rings (SSSR count). The summed E-state index contributed by atoms with van der Waals surface area (Å²) in [6.45, 7) is 5.25. The third-order valence-corrected chi connectivity index (χ3v) is 3.38. The van der Waals surface area contributed by atoms with Gasteiger partial charge in [0.15, 0.2) is 0 Å². The minimum absolute atomic E-state index is 0.0583. The van der Waals surface area contributed by atoms with Gasteiger partial charge in [-0.05, 0) is 30.6 Å². The van der Waals surface area contributed by atoms with E-state index in [9.17, 15) is 0 Å². The van der Waals surface area contributed by atoms with Crippen molar-refractivity contribution in [3.05, 3.63) is 12.2 Å². The highest BCUT2D eigenvalue weighted by Crippen LogP contribution is 2.54. The standard InChI is InChI=1S/C12H23NO/c1-10(2)12(7-8-12)6-4-5-11(13)9-14-3/h4-5,10-11H,6-9,13H2,1-3H3. The fraction of sp³-hybridized carbons (Fsp3) is 0.833. The van der Waals surface area contributed by atoms with Crippen LogP contribution in [0.25, 0.3) is 0 Å². The van der Waals surface area contributed by atoms with Crippen LogP contribution >= 0.6 is 0 Å². The maximum atomic E-state index is 5.80. The maximum absolute atomic E-state index is 5.80. The van der Waals surface area contributed by atoms with Crippen molar-refractivity contribution in [1.29, 1.82) is 0 Å². The molecule has 1 aliphatic carbocycles. The van der Waals surface area contributed by atoms with Crippen LogP contribution < -0.4 is 5.73 Å². The Labute approximate surface area is 87.5 Å². The van der Waals surface area contributed by atoms with Crippen molar-refractivity contribution in [2.75, 3.05) is 13.7 Å². The smallest absolute Gasteiger partial charge is 0.0649 e. The van der Waals surface area contributed by atoms with Gasteiger partial charge in [0.2, 0.25) is 0 Å². The monoisotopic (exact) mass is 197 g/mol. The molecule has 1 atom stereocenters. The van der Waals surface area contributed by atoms with Crippen LogP contribution in [0.5, 0.6) is 0 Å². The van der Waals surface area contributed by atoms with Gasteiger partial charge in [0.25, 0.3) is 0 Å². The zero-order valence-electron chi connectivity index (χ0n) is 9.62. The fourth-order valence-electron chi connectivity index (χ4n) is 1.90. The molecule has 1 saturated carbocycles. The molecular weight excluding hydrogens is 174 g/mol. The lowest BCUT2D eigenvalue weighted by atomic mass is 9.89. The number of nitrogens with two attached hydrogens (primary N) is 1. The van der Waals surface area contributed by atoms with E-state index in [2.05, 4.69) is 26.0 Å². The first kappa shape index (κ1) is 11.7. The fourth-order valence-corrected chi connectivity index (χ4v) is 1.90. The number of ether oxygens (including phenoxy) is 1. The van der Waals surface area contributed by atoms with Gasteiger partial charge in [0.1, 0.15) is 0 Å². The van der Waals surface area contributed by atoms with Crippen molar-refractivity contribution in [2.24, 2.45) is 17.1 Å². The topological polar surface area (TPSA) is 35.2 Å². The molecule has 0 aromatic heterocycles. The van der Waals surface area contributed by atoms with E-state index in [1.54, 1.807) is 7.11 Å². The van der Waals surface area contributed by atoms with Gasteiger partial charge in [-0.15, -0.1) is 0 Å². The Morgan fingerprint density at radius 3 is 2.50 bits per heavy atom. The predicted molar refractivity (Wildman–Crippen MR) is 60.1 cm³/mol. The first-order valence-electron chi connectivity index (χ1n) is 5.52. The number of hydrogen-bond acceptors (Lipinski definition) is 2. The van der Waals surface area contributed by atoms with Crippen LogP contribution in [0.1, 0.15) is 33.1 Å². The summed E-state index contributed by atoms with van der Waals surface area (Å²) in [6.07, 6.45) is 8.26. The first-order chi connectivity index (χ1) is 6.60. The van der Waals surface area contributed by atoms with Crippen LogP contribution in [0.4, 0.5) is 0 Å². The molecule has 14 heavy (non-hydrogen) atoms. The van der Waals surface area contributed by atoms with Crippen LogP contribution in [0.15, 0.2) is 12.2 Å². The number of rotatable bonds is 6. The first-order valence-corrected chi connectivity index (χ1v) is 5.52. The van der Waals surface area contributed by atoms with Crippen LogP contribution in [-0.2, 0) is 4.74 Å². The van der Waals surface area contributed by atoms with E-state index in [0.29, 0.717) is 12.0 Å². The molecule has 2 N–H and O–H groups in total. The minimum atomic E-state index is 0.0583. The summed E-state index contributed by atoms with van der Waals surface area (Å²) >= 11 is 0. The highest BCUT2D eigenvalue weighted by atomic mass is 16.5. The molecule has 1 fully saturated rings. The molecule has 0 aliphatic heterocycles. The van der Waals surface area contributed by atoms with E-state index in [1.807, 2.05) is 0 Å². The van der Waals surface area contributed by atoms with Crippen LogP contribution in [-0.4, -0.2) is 19.8 Å². The number of hydrogen-bond donors (Lipinski definition) is 1. The van der Waals surface area contributed by atoms with E-state index >= 15 is 0 Å². The van der Waals surface area contributed by atoms with E-state index in [4.69, 9.17) is 10.5 Å². The van der Waals surface area contributed by atoms with Crippen molar-refractivity contribution in [2.45, 2.75) is 39.2 Å². The molecule has 0 spiro atoms. The van der Waals surface area contributed by atoms with Gasteiger partial charge in [0, 0.05) is 13.2 Å². The number of allylic oxidation sites excluding steroid dienone is 1. The molecule has 0 heterocycles. The Morgan fingerprint density at radius 2 is 2.07 bits per heavy atom. The highest BCUT2D eigenvalue weighted by Gasteiger charge is 2.43. The van der Waals surface area contributed by atoms with Crippen LogP contribution in [0, 0.1) is 11.3 Å². The molecule has 0 amide bonds. The second kappa shape index (κ2) is 4.94. The van der Waals surface area contributed by atoms with Gasteiger partial charge in [-0.2, -0.15) is 0 Å². The lowest BCUT2D eigenvalue weighted by molar-refractivity contribution is 0.192. The average Bonchev–Trinajstić information content (AvgIpc) is 2.86. The Kier molecular flexibility index (Phi) is 4.14. The van der Waals surface area contributed by atoms with Gasteiger partial charge in [-0.25, -0.2) is 0 Å². The quantitative estimate of drug-likeness (QED) is 0.663. The largest absolute Gasteiger partial charge is 0.383 e. The summed E-state index contributed by atoms with van der Waals surface area (Å²) in [4.78, 5) is 0. The van der Waals surface area contributed by atoms with Gasteiger partial charge < -0.3 is 10.5 Å². The number of methoxy groups -OCH3 is 1. The van der Waals surface area contributed by atoms with Crippen molar-refractivity contribution in [3.63, 3.8) is 0 Å². The summed E-state index contributed by atoms with van der Waals surface area (Å²) in [5.41, 5.74) is 6.40. The van der Waals surface area contributed by atoms with E-state index in [1.165, 1.54) is 19.3 Å². The van der Waals surface area contributed by atoms with Crippen LogP contribution in [0.3, 0.4) is 0 Å². The summed E-state index contributed by atoms with van der Waals surface area (Å²) in [7, 11) is 1.68. The molecule has 2 heteroatoms. The lowest BCUT2D eigenvalue weighted by Gasteiger charge is -2.17. The molecule has 0 radical (unpaired) electrons. The van der Waals surface area contributed by atoms with E-state index < -0.39 is 0 Å². The summed E-state index contributed by atoms with van der Waals surface area (Å²) in [6, 6.07) is 0.0583. The molecule has 82 valence electrons. The summed E-state index contributed by atoms with van der Waals surface area (Å²) < 4.78 is 4.97. The van der Waals surface area contributed by atoms with Crippen LogP contribution in [0.2, 0.25) is 0 Å².